The third-order valence-electron chi connectivity index (χ3n) is 10.6. The molecule has 61 heavy (non-hydrogen) atoms. The van der Waals surface area contributed by atoms with Gasteiger partial charge >= 0.3 is 21.1 Å². The summed E-state index contributed by atoms with van der Waals surface area (Å²) in [5.41, 5.74) is -2.07. The molecule has 0 aromatic heterocycles. The summed E-state index contributed by atoms with van der Waals surface area (Å²) >= 11 is 0. The predicted octanol–water partition coefficient (Wildman–Crippen LogP) is -2.83. The van der Waals surface area contributed by atoms with Gasteiger partial charge in [0.05, 0.1) is 5.41 Å². The fourth-order valence-electron chi connectivity index (χ4n) is 9.13. The minimum absolute atomic E-state index is 0.0459. The molecular formula is C33H36B4O16S8. The normalized spacial score (nSPS) is 15.1. The first-order valence-electron chi connectivity index (χ1n) is 17.4. The van der Waals surface area contributed by atoms with E-state index in [1.54, 1.807) is 0 Å². The van der Waals surface area contributed by atoms with Crippen molar-refractivity contribution in [3.63, 3.8) is 0 Å². The lowest BCUT2D eigenvalue weighted by Gasteiger charge is -2.32. The van der Waals surface area contributed by atoms with E-state index < -0.39 is 104 Å². The fourth-order valence-corrected chi connectivity index (χ4v) is 24.4. The largest absolute Gasteiger partial charge is 0.462 e. The molecule has 16 nitrogen and oxygen atoms in total. The standard InChI is InChI=1S/C33H36B4O16S8/c1-54(38,39)34(55(2,40)41)21-9-13-25-26-14-10-22(35(56(3,42)43)57(4,44)45)18-30(26)33(29(25)17-21)31-19-23(36(58(5,46)47)59(6,48)49)11-15-27(31)28-16-12-24(20-32(28)33)37(60(7,50)51)61(8,52)53/h9-20H,1-8H3. The van der Waals surface area contributed by atoms with Crippen molar-refractivity contribution < 1.29 is 67.3 Å². The van der Waals surface area contributed by atoms with Gasteiger partial charge in [-0.05, 0) is 66.4 Å². The van der Waals surface area contributed by atoms with Crippen molar-refractivity contribution in [1.82, 2.24) is 0 Å². The Labute approximate surface area is 357 Å². The van der Waals surface area contributed by atoms with Crippen LogP contribution in [0, 0.1) is 0 Å². The van der Waals surface area contributed by atoms with Crippen LogP contribution in [0.25, 0.3) is 22.3 Å². The molecule has 0 amide bonds. The number of hydrogen-bond donors (Lipinski definition) is 0. The summed E-state index contributed by atoms with van der Waals surface area (Å²) in [7, 11) is -35.7. The molecule has 0 radical (unpaired) electrons. The van der Waals surface area contributed by atoms with E-state index in [9.17, 15) is 67.3 Å². The maximum absolute atomic E-state index is 13.2. The van der Waals surface area contributed by atoms with Crippen molar-refractivity contribution >= 4 is 120 Å². The quantitative estimate of drug-likeness (QED) is 0.112. The summed E-state index contributed by atoms with van der Waals surface area (Å²) in [6.07, 6.45) is 5.60. The van der Waals surface area contributed by atoms with Crippen LogP contribution >= 0.6 is 0 Å². The minimum Gasteiger partial charge on any atom is -0.239 e. The fraction of sp³-hybridized carbons (Fsp3) is 0.273. The first kappa shape index (κ1) is 47.2. The van der Waals surface area contributed by atoms with Gasteiger partial charge in [0.1, 0.15) is 77.5 Å². The molecule has 0 atom stereocenters. The molecule has 324 valence electrons. The second-order valence-corrected chi connectivity index (χ2v) is 34.2. The van der Waals surface area contributed by atoms with Crippen molar-refractivity contribution in [2.45, 2.75) is 5.41 Å². The van der Waals surface area contributed by atoms with Gasteiger partial charge in [-0.3, -0.25) is 0 Å². The molecule has 0 bridgehead atoms. The van der Waals surface area contributed by atoms with Crippen LogP contribution in [0.1, 0.15) is 22.3 Å². The number of fused-ring (bicyclic) bond motifs is 10. The van der Waals surface area contributed by atoms with Gasteiger partial charge in [-0.2, -0.15) is 0 Å². The molecule has 0 N–H and O–H groups in total. The third kappa shape index (κ3) is 8.12. The summed E-state index contributed by atoms with van der Waals surface area (Å²) in [5.74, 6) is 0. The van der Waals surface area contributed by atoms with E-state index in [-0.39, 0.29) is 66.4 Å². The topological polar surface area (TPSA) is 273 Å². The molecule has 2 aliphatic rings. The molecule has 0 saturated carbocycles. The van der Waals surface area contributed by atoms with Gasteiger partial charge < -0.3 is 0 Å². The predicted molar refractivity (Wildman–Crippen MR) is 243 cm³/mol. The van der Waals surface area contributed by atoms with Crippen LogP contribution < -0.4 is 21.9 Å². The number of hydrogen-bond acceptors (Lipinski definition) is 16. The van der Waals surface area contributed by atoms with E-state index in [4.69, 9.17) is 0 Å². The van der Waals surface area contributed by atoms with E-state index in [2.05, 4.69) is 0 Å². The molecule has 0 saturated heterocycles. The monoisotopic (exact) mass is 988 g/mol. The lowest BCUT2D eigenvalue weighted by atomic mass is 9.67. The Balaban J connectivity index is 1.93. The average Bonchev–Trinajstić information content (AvgIpc) is 3.45. The number of rotatable bonds is 12. The van der Waals surface area contributed by atoms with Crippen LogP contribution in [0.5, 0.6) is 0 Å². The minimum atomic E-state index is -4.46. The van der Waals surface area contributed by atoms with Crippen LogP contribution in [0.15, 0.2) is 72.8 Å². The van der Waals surface area contributed by atoms with Gasteiger partial charge in [-0.1, -0.05) is 72.8 Å². The zero-order valence-corrected chi connectivity index (χ0v) is 40.1. The molecule has 4 aromatic rings. The second-order valence-electron chi connectivity index (χ2n) is 15.9. The molecule has 28 heteroatoms. The lowest BCUT2D eigenvalue weighted by Crippen LogP contribution is -2.47. The van der Waals surface area contributed by atoms with E-state index >= 15 is 0 Å². The van der Waals surface area contributed by atoms with Crippen molar-refractivity contribution in [2.24, 2.45) is 0 Å². The van der Waals surface area contributed by atoms with Gasteiger partial charge in [-0.15, -0.1) is 0 Å². The summed E-state index contributed by atoms with van der Waals surface area (Å²) in [6, 6.07) is 15.4. The Hall–Kier alpha value is -3.26. The maximum atomic E-state index is 13.2. The highest BCUT2D eigenvalue weighted by Gasteiger charge is 2.56. The zero-order chi connectivity index (χ0) is 46.2. The smallest absolute Gasteiger partial charge is 0.239 e. The van der Waals surface area contributed by atoms with Gasteiger partial charge in [0.2, 0.25) is 0 Å². The summed E-state index contributed by atoms with van der Waals surface area (Å²) in [6.45, 7) is 0. The van der Waals surface area contributed by atoms with Crippen LogP contribution in [0.2, 0.25) is 0 Å². The van der Waals surface area contributed by atoms with Crippen LogP contribution in [0.3, 0.4) is 0 Å². The van der Waals surface area contributed by atoms with Crippen LogP contribution in [-0.2, 0) is 82.9 Å². The molecule has 0 fully saturated rings. The summed E-state index contributed by atoms with van der Waals surface area (Å²) in [5, 5.41) is -8.67. The first-order valence-corrected chi connectivity index (χ1v) is 33.1. The van der Waals surface area contributed by atoms with E-state index in [1.165, 1.54) is 72.8 Å². The molecule has 1 spiro atoms. The molecule has 0 unspecified atom stereocenters. The number of benzene rings is 4. The summed E-state index contributed by atoms with van der Waals surface area (Å²) < 4.78 is 211. The molecular weight excluding hydrogens is 952 g/mol. The SMILES string of the molecule is CS(=O)(=O)B(c1ccc2c(c1)C1(c3cc(B(S(C)(=O)=O)S(C)(=O)=O)ccc3-2)c2cc(B(S(C)(=O)=O)S(C)(=O)=O)ccc2-c2ccc(B(S(C)(=O)=O)S(C)(=O)=O)cc21)S(C)(=O)=O. The molecule has 2 aliphatic carbocycles. The Morgan fingerprint density at radius 1 is 0.279 bits per heavy atom. The zero-order valence-electron chi connectivity index (χ0n) is 33.5. The highest BCUT2D eigenvalue weighted by molar-refractivity contribution is 8.49. The maximum Gasteiger partial charge on any atom is 0.462 e. The third-order valence-corrected chi connectivity index (χ3v) is 27.4. The summed E-state index contributed by atoms with van der Waals surface area (Å²) in [4.78, 5) is 0. The molecule has 0 aliphatic heterocycles. The lowest BCUT2D eigenvalue weighted by molar-refractivity contribution is 0.607. The van der Waals surface area contributed by atoms with Crippen molar-refractivity contribution in [3.8, 4) is 22.3 Å². The average molecular weight is 988 g/mol. The Bertz CT molecular complexity index is 2950. The van der Waals surface area contributed by atoms with Crippen molar-refractivity contribution in [1.29, 1.82) is 0 Å². The van der Waals surface area contributed by atoms with E-state index in [0.29, 0.717) is 50.0 Å². The Morgan fingerprint density at radius 2 is 0.426 bits per heavy atom. The van der Waals surface area contributed by atoms with Crippen LogP contribution in [0.4, 0.5) is 0 Å². The van der Waals surface area contributed by atoms with Crippen LogP contribution in [-0.4, -0.2) is 138 Å². The van der Waals surface area contributed by atoms with Gasteiger partial charge in [0.25, 0.3) is 0 Å². The molecule has 0 heterocycles. The molecule has 6 rings (SSSR count). The van der Waals surface area contributed by atoms with Crippen molar-refractivity contribution in [2.75, 3.05) is 50.0 Å². The second kappa shape index (κ2) is 14.4. The molecule has 4 aromatic carbocycles. The first-order chi connectivity index (χ1) is 27.3. The Kier molecular flexibility index (Phi) is 11.1. The van der Waals surface area contributed by atoms with Gasteiger partial charge in [0.15, 0.2) is 0 Å². The van der Waals surface area contributed by atoms with Gasteiger partial charge in [0, 0.05) is 50.0 Å². The van der Waals surface area contributed by atoms with E-state index in [1.807, 2.05) is 0 Å². The van der Waals surface area contributed by atoms with Gasteiger partial charge in [-0.25, -0.2) is 67.3 Å². The van der Waals surface area contributed by atoms with E-state index in [0.717, 1.165) is 0 Å². The highest BCUT2D eigenvalue weighted by atomic mass is 32.3. The highest BCUT2D eigenvalue weighted by Crippen LogP contribution is 2.62. The van der Waals surface area contributed by atoms with Crippen molar-refractivity contribution in [3.05, 3.63) is 95.1 Å². The Morgan fingerprint density at radius 3 is 0.557 bits per heavy atom.